The van der Waals surface area contributed by atoms with E-state index in [1.807, 2.05) is 22.6 Å². The van der Waals surface area contributed by atoms with Gasteiger partial charge in [0.05, 0.1) is 17.8 Å². The number of aliphatic carboxylic acids is 1. The largest absolute Gasteiger partial charge is 0.497 e. The molecule has 0 unspecified atom stereocenters. The van der Waals surface area contributed by atoms with Crippen molar-refractivity contribution in [3.63, 3.8) is 0 Å². The zero-order valence-electron chi connectivity index (χ0n) is 10.2. The number of methoxy groups -OCH3 is 1. The van der Waals surface area contributed by atoms with Crippen molar-refractivity contribution in [2.24, 2.45) is 5.10 Å². The van der Waals surface area contributed by atoms with Gasteiger partial charge >= 0.3 is 5.97 Å². The number of halogens is 1. The third kappa shape index (κ3) is 5.25. The van der Waals surface area contributed by atoms with Crippen LogP contribution in [0.3, 0.4) is 0 Å². The van der Waals surface area contributed by atoms with E-state index in [-0.39, 0.29) is 10.3 Å². The highest BCUT2D eigenvalue weighted by molar-refractivity contribution is 14.1. The third-order valence-corrected chi connectivity index (χ3v) is 2.80. The Morgan fingerprint density at radius 1 is 1.42 bits per heavy atom. The van der Waals surface area contributed by atoms with Gasteiger partial charge in [0.2, 0.25) is 0 Å². The van der Waals surface area contributed by atoms with Crippen molar-refractivity contribution >= 4 is 40.7 Å². The minimum absolute atomic E-state index is 0.172. The van der Waals surface area contributed by atoms with Gasteiger partial charge in [-0.15, -0.1) is 0 Å². The molecule has 0 aliphatic carbocycles. The summed E-state index contributed by atoms with van der Waals surface area (Å²) in [5.41, 5.74) is 0.748. The molecule has 1 aromatic rings. The SMILES string of the molecule is COc1ccc(/C=N/N(CC(=O)O)C(=O)CI)cc1. The first-order chi connectivity index (χ1) is 9.06. The van der Waals surface area contributed by atoms with E-state index in [2.05, 4.69) is 5.10 Å². The van der Waals surface area contributed by atoms with Crippen LogP contribution in [-0.2, 0) is 9.59 Å². The number of rotatable bonds is 6. The topological polar surface area (TPSA) is 79.2 Å². The smallest absolute Gasteiger partial charge is 0.325 e. The second kappa shape index (κ2) is 7.72. The summed E-state index contributed by atoms with van der Waals surface area (Å²) in [6.45, 7) is -0.450. The zero-order valence-corrected chi connectivity index (χ0v) is 12.4. The lowest BCUT2D eigenvalue weighted by atomic mass is 10.2. The normalized spacial score (nSPS) is 10.4. The lowest BCUT2D eigenvalue weighted by molar-refractivity contribution is -0.143. The Labute approximate surface area is 124 Å². The highest BCUT2D eigenvalue weighted by Gasteiger charge is 2.13. The van der Waals surface area contributed by atoms with E-state index < -0.39 is 12.5 Å². The van der Waals surface area contributed by atoms with Crippen LogP contribution in [0.1, 0.15) is 5.56 Å². The summed E-state index contributed by atoms with van der Waals surface area (Å²) in [5.74, 6) is -0.749. The summed E-state index contributed by atoms with van der Waals surface area (Å²) >= 11 is 1.86. The number of benzene rings is 1. The number of hydrogen-bond acceptors (Lipinski definition) is 4. The van der Waals surface area contributed by atoms with Crippen molar-refractivity contribution in [2.45, 2.75) is 0 Å². The standard InChI is InChI=1S/C12H13IN2O4/c1-19-10-4-2-9(3-5-10)7-14-15(8-12(17)18)11(16)6-13/h2-5,7H,6,8H2,1H3,(H,17,18)/b14-7+. The maximum atomic E-state index is 11.5. The Balaban J connectivity index is 2.78. The molecule has 0 aliphatic heterocycles. The van der Waals surface area contributed by atoms with E-state index in [1.54, 1.807) is 31.4 Å². The van der Waals surface area contributed by atoms with E-state index in [4.69, 9.17) is 9.84 Å². The molecule has 0 saturated heterocycles. The number of hydrazone groups is 1. The van der Waals surface area contributed by atoms with Crippen LogP contribution in [0.25, 0.3) is 0 Å². The highest BCUT2D eigenvalue weighted by atomic mass is 127. The molecule has 0 spiro atoms. The summed E-state index contributed by atoms with van der Waals surface area (Å²) < 4.78 is 5.19. The van der Waals surface area contributed by atoms with Gasteiger partial charge in [-0.25, -0.2) is 5.01 Å². The maximum absolute atomic E-state index is 11.5. The predicted octanol–water partition coefficient (Wildman–Crippen LogP) is 1.38. The van der Waals surface area contributed by atoms with E-state index in [0.29, 0.717) is 5.75 Å². The molecular formula is C12H13IN2O4. The molecule has 6 nitrogen and oxygen atoms in total. The number of hydrogen-bond donors (Lipinski definition) is 1. The quantitative estimate of drug-likeness (QED) is 0.352. The first-order valence-corrected chi connectivity index (χ1v) is 6.85. The molecule has 0 fully saturated rings. The molecule has 0 atom stereocenters. The fourth-order valence-corrected chi connectivity index (χ4v) is 1.61. The molecule has 7 heteroatoms. The van der Waals surface area contributed by atoms with Gasteiger partial charge in [-0.1, -0.05) is 22.6 Å². The van der Waals surface area contributed by atoms with Crippen LogP contribution < -0.4 is 4.74 Å². The van der Waals surface area contributed by atoms with Crippen LogP contribution in [0.15, 0.2) is 29.4 Å². The molecule has 102 valence electrons. The number of carboxylic acids is 1. The fraction of sp³-hybridized carbons (Fsp3) is 0.250. The van der Waals surface area contributed by atoms with Crippen LogP contribution in [0.5, 0.6) is 5.75 Å². The highest BCUT2D eigenvalue weighted by Crippen LogP contribution is 2.10. The van der Waals surface area contributed by atoms with Crippen LogP contribution >= 0.6 is 22.6 Å². The number of carboxylic acid groups (broad SMARTS) is 1. The molecule has 0 aromatic heterocycles. The molecule has 0 bridgehead atoms. The molecule has 0 saturated carbocycles. The lowest BCUT2D eigenvalue weighted by Gasteiger charge is -2.12. The van der Waals surface area contributed by atoms with Gasteiger partial charge in [0.15, 0.2) is 0 Å². The summed E-state index contributed by atoms with van der Waals surface area (Å²) in [6.07, 6.45) is 1.44. The molecule has 1 amide bonds. The minimum atomic E-state index is -1.11. The number of carbonyl (C=O) groups is 2. The molecule has 1 N–H and O–H groups in total. The molecule has 1 rings (SSSR count). The van der Waals surface area contributed by atoms with Gasteiger partial charge in [-0.2, -0.15) is 5.10 Å². The second-order valence-electron chi connectivity index (χ2n) is 3.50. The number of alkyl halides is 1. The van der Waals surface area contributed by atoms with E-state index in [9.17, 15) is 9.59 Å². The van der Waals surface area contributed by atoms with E-state index >= 15 is 0 Å². The summed E-state index contributed by atoms with van der Waals surface area (Å²) in [4.78, 5) is 22.1. The van der Waals surface area contributed by atoms with Crippen molar-refractivity contribution in [3.05, 3.63) is 29.8 Å². The van der Waals surface area contributed by atoms with Crippen molar-refractivity contribution in [3.8, 4) is 5.75 Å². The fourth-order valence-electron chi connectivity index (χ4n) is 1.22. The average Bonchev–Trinajstić information content (AvgIpc) is 2.42. The Kier molecular flexibility index (Phi) is 6.26. The first-order valence-electron chi connectivity index (χ1n) is 5.33. The van der Waals surface area contributed by atoms with Crippen molar-refractivity contribution in [1.29, 1.82) is 0 Å². The van der Waals surface area contributed by atoms with Gasteiger partial charge in [0.25, 0.3) is 5.91 Å². The van der Waals surface area contributed by atoms with Gasteiger partial charge < -0.3 is 9.84 Å². The monoisotopic (exact) mass is 376 g/mol. The van der Waals surface area contributed by atoms with Crippen LogP contribution in [0.4, 0.5) is 0 Å². The minimum Gasteiger partial charge on any atom is -0.497 e. The number of nitrogens with zero attached hydrogens (tertiary/aromatic N) is 2. The number of amides is 1. The molecule has 0 radical (unpaired) electrons. The lowest BCUT2D eigenvalue weighted by Crippen LogP contribution is -2.32. The Hall–Kier alpha value is -1.64. The molecule has 0 aliphatic rings. The summed E-state index contributed by atoms with van der Waals surface area (Å²) in [7, 11) is 1.57. The van der Waals surface area contributed by atoms with Crippen LogP contribution in [0, 0.1) is 0 Å². The number of carbonyl (C=O) groups excluding carboxylic acids is 1. The average molecular weight is 376 g/mol. The molecule has 1 aromatic carbocycles. The van der Waals surface area contributed by atoms with Crippen molar-refractivity contribution in [2.75, 3.05) is 18.1 Å². The zero-order chi connectivity index (χ0) is 14.3. The predicted molar refractivity (Wildman–Crippen MR) is 78.8 cm³/mol. The number of ether oxygens (including phenoxy) is 1. The van der Waals surface area contributed by atoms with E-state index in [1.165, 1.54) is 6.21 Å². The van der Waals surface area contributed by atoms with Crippen molar-refractivity contribution in [1.82, 2.24) is 5.01 Å². The Morgan fingerprint density at radius 2 is 2.05 bits per heavy atom. The third-order valence-electron chi connectivity index (χ3n) is 2.15. The van der Waals surface area contributed by atoms with Gasteiger partial charge in [-0.3, -0.25) is 9.59 Å². The maximum Gasteiger partial charge on any atom is 0.325 e. The summed E-state index contributed by atoms with van der Waals surface area (Å²) in [5, 5.41) is 13.5. The summed E-state index contributed by atoms with van der Waals surface area (Å²) in [6, 6.07) is 7.03. The molecule has 19 heavy (non-hydrogen) atoms. The first kappa shape index (κ1) is 15.4. The van der Waals surface area contributed by atoms with E-state index in [0.717, 1.165) is 10.6 Å². The Bertz CT molecular complexity index is 473. The van der Waals surface area contributed by atoms with Crippen LogP contribution in [0.2, 0.25) is 0 Å². The van der Waals surface area contributed by atoms with Gasteiger partial charge in [0, 0.05) is 0 Å². The second-order valence-corrected chi connectivity index (χ2v) is 4.26. The Morgan fingerprint density at radius 3 is 2.53 bits per heavy atom. The van der Waals surface area contributed by atoms with Crippen molar-refractivity contribution < 1.29 is 19.4 Å². The van der Waals surface area contributed by atoms with Gasteiger partial charge in [0.1, 0.15) is 12.3 Å². The van der Waals surface area contributed by atoms with Gasteiger partial charge in [-0.05, 0) is 29.8 Å². The molecule has 0 heterocycles. The van der Waals surface area contributed by atoms with Crippen LogP contribution in [-0.4, -0.2) is 46.3 Å². The molecular weight excluding hydrogens is 363 g/mol.